The summed E-state index contributed by atoms with van der Waals surface area (Å²) in [4.78, 5) is 24.1. The van der Waals surface area contributed by atoms with Gasteiger partial charge in [-0.25, -0.2) is 0 Å². The van der Waals surface area contributed by atoms with E-state index in [9.17, 15) is 9.59 Å². The lowest BCUT2D eigenvalue weighted by Gasteiger charge is -1.92. The number of hydrogen-bond donors (Lipinski definition) is 2. The van der Waals surface area contributed by atoms with Crippen LogP contribution in [0.4, 0.5) is 0 Å². The molecule has 0 radical (unpaired) electrons. The van der Waals surface area contributed by atoms with E-state index < -0.39 is 0 Å². The van der Waals surface area contributed by atoms with Crippen LogP contribution in [-0.4, -0.2) is 17.4 Å². The van der Waals surface area contributed by atoms with Crippen LogP contribution in [0.15, 0.2) is 17.1 Å². The molecule has 0 aliphatic rings. The predicted molar refractivity (Wildman–Crippen MR) is 57.6 cm³/mol. The summed E-state index contributed by atoms with van der Waals surface area (Å²) in [6.45, 7) is 1.61. The molecule has 1 aromatic heterocycles. The molecule has 4 nitrogen and oxygen atoms in total. The van der Waals surface area contributed by atoms with Crippen molar-refractivity contribution in [3.63, 3.8) is 0 Å². The Morgan fingerprint density at radius 3 is 3.07 bits per heavy atom. The minimum absolute atomic E-state index is 0.163. The van der Waals surface area contributed by atoms with Crippen molar-refractivity contribution >= 4 is 17.5 Å². The van der Waals surface area contributed by atoms with Crippen molar-refractivity contribution in [2.45, 2.75) is 6.92 Å². The van der Waals surface area contributed by atoms with E-state index in [1.807, 2.05) is 0 Å². The number of hydrogen-bond acceptors (Lipinski definition) is 2. The first kappa shape index (κ1) is 11.3. The fraction of sp³-hybridized carbons (Fsp3) is 0.200. The zero-order chi connectivity index (χ0) is 11.3. The first-order chi connectivity index (χ1) is 7.09. The van der Waals surface area contributed by atoms with Crippen LogP contribution in [0.25, 0.3) is 0 Å². The molecule has 0 fully saturated rings. The molecule has 1 heterocycles. The van der Waals surface area contributed by atoms with Crippen molar-refractivity contribution in [3.8, 4) is 11.8 Å². The molecular formula is C10H9ClN2O2. The third-order valence-electron chi connectivity index (χ3n) is 1.52. The first-order valence-electron chi connectivity index (χ1n) is 4.21. The number of aromatic nitrogens is 1. The summed E-state index contributed by atoms with van der Waals surface area (Å²) in [6, 6.07) is 1.47. The third-order valence-corrected chi connectivity index (χ3v) is 1.73. The van der Waals surface area contributed by atoms with Gasteiger partial charge in [-0.3, -0.25) is 9.59 Å². The normalized spacial score (nSPS) is 8.93. The van der Waals surface area contributed by atoms with Crippen LogP contribution in [-0.2, 0) is 4.79 Å². The molecule has 5 heteroatoms. The summed E-state index contributed by atoms with van der Waals surface area (Å²) >= 11 is 5.67. The highest BCUT2D eigenvalue weighted by Gasteiger charge is 1.95. The number of rotatable bonds is 1. The molecule has 0 bridgehead atoms. The average molecular weight is 225 g/mol. The van der Waals surface area contributed by atoms with Gasteiger partial charge in [0, 0.05) is 13.1 Å². The van der Waals surface area contributed by atoms with Gasteiger partial charge in [0.05, 0.1) is 17.1 Å². The minimum Gasteiger partial charge on any atom is -0.345 e. The van der Waals surface area contributed by atoms with Crippen LogP contribution in [0.1, 0.15) is 12.5 Å². The van der Waals surface area contributed by atoms with Crippen LogP contribution in [0.3, 0.4) is 0 Å². The summed E-state index contributed by atoms with van der Waals surface area (Å²) in [7, 11) is 0. The minimum atomic E-state index is -0.297. The fourth-order valence-corrected chi connectivity index (χ4v) is 1.02. The Morgan fingerprint density at radius 1 is 1.67 bits per heavy atom. The van der Waals surface area contributed by atoms with Crippen LogP contribution < -0.4 is 10.9 Å². The topological polar surface area (TPSA) is 62.0 Å². The summed E-state index contributed by atoms with van der Waals surface area (Å²) in [5.74, 6) is 5.09. The molecule has 2 N–H and O–H groups in total. The monoisotopic (exact) mass is 224 g/mol. The van der Waals surface area contributed by atoms with Gasteiger partial charge in [0.15, 0.2) is 0 Å². The number of nitrogens with one attached hydrogen (secondary N) is 2. The van der Waals surface area contributed by atoms with Gasteiger partial charge in [0.2, 0.25) is 5.91 Å². The van der Waals surface area contributed by atoms with Crippen molar-refractivity contribution in [2.24, 2.45) is 0 Å². The van der Waals surface area contributed by atoms with E-state index in [4.69, 9.17) is 11.6 Å². The Balaban J connectivity index is 2.75. The number of aromatic amines is 1. The quantitative estimate of drug-likeness (QED) is 0.683. The maximum absolute atomic E-state index is 11.2. The average Bonchev–Trinajstić information content (AvgIpc) is 2.17. The molecular weight excluding hydrogens is 216 g/mol. The van der Waals surface area contributed by atoms with E-state index in [-0.39, 0.29) is 23.6 Å². The van der Waals surface area contributed by atoms with Gasteiger partial charge < -0.3 is 10.3 Å². The molecule has 0 atom stereocenters. The molecule has 0 spiro atoms. The van der Waals surface area contributed by atoms with Crippen LogP contribution in [0.2, 0.25) is 5.02 Å². The Kier molecular flexibility index (Phi) is 3.95. The number of amides is 1. The Labute approximate surface area is 91.7 Å². The van der Waals surface area contributed by atoms with Gasteiger partial charge >= 0.3 is 0 Å². The van der Waals surface area contributed by atoms with E-state index in [0.29, 0.717) is 5.02 Å². The van der Waals surface area contributed by atoms with Gasteiger partial charge in [-0.05, 0) is 6.07 Å². The van der Waals surface area contributed by atoms with E-state index >= 15 is 0 Å². The van der Waals surface area contributed by atoms with E-state index in [1.54, 1.807) is 0 Å². The lowest BCUT2D eigenvalue weighted by atomic mass is 10.3. The van der Waals surface area contributed by atoms with E-state index in [0.717, 1.165) is 0 Å². The van der Waals surface area contributed by atoms with Gasteiger partial charge in [-0.2, -0.15) is 0 Å². The molecule has 0 saturated carbocycles. The van der Waals surface area contributed by atoms with E-state index in [1.165, 1.54) is 19.2 Å². The molecule has 0 unspecified atom stereocenters. The fourth-order valence-electron chi connectivity index (χ4n) is 0.858. The van der Waals surface area contributed by atoms with Gasteiger partial charge in [0.1, 0.15) is 0 Å². The highest BCUT2D eigenvalue weighted by atomic mass is 35.5. The van der Waals surface area contributed by atoms with E-state index in [2.05, 4.69) is 22.1 Å². The maximum atomic E-state index is 11.2. The number of halogens is 1. The van der Waals surface area contributed by atoms with Gasteiger partial charge in [0.25, 0.3) is 5.56 Å². The zero-order valence-electron chi connectivity index (χ0n) is 8.06. The largest absolute Gasteiger partial charge is 0.345 e. The van der Waals surface area contributed by atoms with Crippen molar-refractivity contribution in [1.82, 2.24) is 10.3 Å². The molecule has 1 aromatic rings. The van der Waals surface area contributed by atoms with Gasteiger partial charge in [-0.15, -0.1) is 0 Å². The third kappa shape index (κ3) is 3.88. The first-order valence-corrected chi connectivity index (χ1v) is 4.59. The Hall–Kier alpha value is -1.73. The summed E-state index contributed by atoms with van der Waals surface area (Å²) < 4.78 is 0. The highest BCUT2D eigenvalue weighted by molar-refractivity contribution is 6.30. The highest BCUT2D eigenvalue weighted by Crippen LogP contribution is 2.03. The predicted octanol–water partition coefficient (Wildman–Crippen LogP) is 0.516. The second kappa shape index (κ2) is 5.23. The second-order valence-electron chi connectivity index (χ2n) is 2.77. The molecule has 1 rings (SSSR count). The van der Waals surface area contributed by atoms with Crippen molar-refractivity contribution in [1.29, 1.82) is 0 Å². The van der Waals surface area contributed by atoms with Crippen molar-refractivity contribution < 1.29 is 4.79 Å². The van der Waals surface area contributed by atoms with Crippen LogP contribution >= 0.6 is 11.6 Å². The molecule has 0 saturated heterocycles. The standard InChI is InChI=1S/C10H9ClN2O2/c1-7(14)12-4-2-3-8-5-9(11)6-13-10(8)15/h5-6H,4H2,1H3,(H,12,14)(H,13,15). The number of carbonyl (C=O) groups excluding carboxylic acids is 1. The number of pyridine rings is 1. The molecule has 78 valence electrons. The number of carbonyl (C=O) groups is 1. The number of H-pyrrole nitrogens is 1. The lowest BCUT2D eigenvalue weighted by molar-refractivity contribution is -0.118. The molecule has 0 aliphatic carbocycles. The molecule has 1 amide bonds. The smallest absolute Gasteiger partial charge is 0.263 e. The van der Waals surface area contributed by atoms with Gasteiger partial charge in [-0.1, -0.05) is 23.4 Å². The Morgan fingerprint density at radius 2 is 2.40 bits per heavy atom. The van der Waals surface area contributed by atoms with Crippen LogP contribution in [0.5, 0.6) is 0 Å². The zero-order valence-corrected chi connectivity index (χ0v) is 8.81. The summed E-state index contributed by atoms with van der Waals surface area (Å²) in [5, 5.41) is 2.91. The summed E-state index contributed by atoms with van der Waals surface area (Å²) in [6.07, 6.45) is 1.39. The second-order valence-corrected chi connectivity index (χ2v) is 3.21. The van der Waals surface area contributed by atoms with Crippen molar-refractivity contribution in [3.05, 3.63) is 33.2 Å². The molecule has 15 heavy (non-hydrogen) atoms. The molecule has 0 aliphatic heterocycles. The summed E-state index contributed by atoms with van der Waals surface area (Å²) in [5.41, 5.74) is -0.0115. The maximum Gasteiger partial charge on any atom is 0.263 e. The lowest BCUT2D eigenvalue weighted by Crippen LogP contribution is -2.19. The van der Waals surface area contributed by atoms with Crippen molar-refractivity contribution in [2.75, 3.05) is 6.54 Å². The van der Waals surface area contributed by atoms with Crippen LogP contribution in [0, 0.1) is 11.8 Å². The Bertz CT molecular complexity index is 482. The molecule has 0 aromatic carbocycles. The SMILES string of the molecule is CC(=O)NCC#Cc1cc(Cl)c[nH]c1=O.